The van der Waals surface area contributed by atoms with Gasteiger partial charge in [0.05, 0.1) is 30.5 Å². The first-order chi connectivity index (χ1) is 30.9. The van der Waals surface area contributed by atoms with Crippen molar-refractivity contribution in [3.8, 4) is 39.5 Å². The Bertz CT molecular complexity index is 3240. The Labute approximate surface area is 398 Å². The van der Waals surface area contributed by atoms with E-state index in [0.717, 1.165) is 78.8 Å². The number of rotatable bonds is 9. The number of para-hydroxylation sites is 2. The predicted octanol–water partition coefficient (Wildman–Crippen LogP) is 15.1. The molecule has 0 aliphatic rings. The zero-order valence-electron chi connectivity index (χ0n) is 38.8. The number of hydrogen-bond donors (Lipinski definition) is 0. The Morgan fingerprint density at radius 2 is 1.34 bits per heavy atom. The van der Waals surface area contributed by atoms with Crippen LogP contribution in [0.3, 0.4) is 0 Å². The van der Waals surface area contributed by atoms with Crippen molar-refractivity contribution in [2.45, 2.75) is 79.4 Å². The van der Waals surface area contributed by atoms with E-state index in [-0.39, 0.29) is 31.9 Å². The van der Waals surface area contributed by atoms with Crippen molar-refractivity contribution >= 4 is 57.3 Å². The van der Waals surface area contributed by atoms with Crippen LogP contribution in [0.15, 0.2) is 150 Å². The molecule has 0 amide bonds. The summed E-state index contributed by atoms with van der Waals surface area (Å²) in [7, 11) is -1.34. The van der Waals surface area contributed by atoms with Crippen molar-refractivity contribution in [3.05, 3.63) is 175 Å². The molecule has 10 rings (SSSR count). The second-order valence-corrected chi connectivity index (χ2v) is 24.1. The smallest absolute Gasteiger partial charge is 0.156 e. The summed E-state index contributed by atoms with van der Waals surface area (Å²) in [6.07, 6.45) is 3.24. The van der Waals surface area contributed by atoms with Gasteiger partial charge in [-0.1, -0.05) is 150 Å². The van der Waals surface area contributed by atoms with Crippen LogP contribution in [0.4, 0.5) is 0 Å². The maximum Gasteiger partial charge on any atom is 0.156 e. The Kier molecular flexibility index (Phi) is 13.2. The van der Waals surface area contributed by atoms with Crippen molar-refractivity contribution in [2.24, 2.45) is 5.92 Å². The number of pyridine rings is 2. The SMILES string of the molecule is CC(C)Cc1cc(-c2[c-]cccc2)ncc1[Si](C)(C)C.CC(C)c1cc(-c2ccccc2)cc(C(C)C)c1-n1c(-c2[c-]ccc3c2oc2ccccc23)nc2cc3ccccc3nc21.[Ir]. The third-order valence-electron chi connectivity index (χ3n) is 12.1. The summed E-state index contributed by atoms with van der Waals surface area (Å²) in [5.41, 5.74) is 14.8. The topological polar surface area (TPSA) is 56.7 Å². The second kappa shape index (κ2) is 18.9. The van der Waals surface area contributed by atoms with Gasteiger partial charge in [-0.05, 0) is 87.6 Å². The zero-order chi connectivity index (χ0) is 44.7. The Hall–Kier alpha value is -5.98. The number of fused-ring (bicyclic) bond motifs is 5. The average molecular weight is 1050 g/mol. The van der Waals surface area contributed by atoms with Crippen molar-refractivity contribution in [3.63, 3.8) is 0 Å². The molecule has 0 fully saturated rings. The molecule has 6 aromatic carbocycles. The maximum absolute atomic E-state index is 6.53. The standard InChI is InChI=1S/C40H32N3O.C18H24NSi.Ir/c1-24(2)32-21-28(26-13-6-5-7-14-26)22-33(25(3)4)37(32)43-39(42-35-23-27-15-8-10-19-34(27)41-40(35)43)31-18-12-17-30-29-16-9-11-20-36(29)44-38(30)31;1-14(2)11-16-12-17(15-9-7-6-8-10-15)19-13-18(16)20(3,4)5;/h5-17,19-25H,1-4H3;6-9,12-14H,11H2,1-5H3;/q2*-1;. The number of benzene rings is 6. The number of nitrogens with zero attached hydrogens (tertiary/aromatic N) is 4. The molecule has 0 saturated carbocycles. The van der Waals surface area contributed by atoms with Gasteiger partial charge < -0.3 is 14.0 Å². The third-order valence-corrected chi connectivity index (χ3v) is 14.1. The van der Waals surface area contributed by atoms with Gasteiger partial charge in [-0.2, -0.15) is 0 Å². The molecule has 0 saturated heterocycles. The van der Waals surface area contributed by atoms with Crippen LogP contribution >= 0.6 is 0 Å². The van der Waals surface area contributed by atoms with E-state index < -0.39 is 8.07 Å². The molecule has 0 N–H and O–H groups in total. The average Bonchev–Trinajstić information content (AvgIpc) is 3.86. The molecule has 329 valence electrons. The molecule has 0 aliphatic carbocycles. The van der Waals surface area contributed by atoms with E-state index in [4.69, 9.17) is 14.4 Å². The van der Waals surface area contributed by atoms with E-state index in [1.807, 2.05) is 48.5 Å². The number of hydrogen-bond acceptors (Lipinski definition) is 4. The van der Waals surface area contributed by atoms with Gasteiger partial charge >= 0.3 is 0 Å². The van der Waals surface area contributed by atoms with Crippen LogP contribution in [0, 0.1) is 18.1 Å². The minimum Gasteiger partial charge on any atom is -0.501 e. The predicted molar refractivity (Wildman–Crippen MR) is 272 cm³/mol. The summed E-state index contributed by atoms with van der Waals surface area (Å²) in [4.78, 5) is 15.3. The zero-order valence-corrected chi connectivity index (χ0v) is 42.2. The van der Waals surface area contributed by atoms with E-state index in [0.29, 0.717) is 5.92 Å². The molecule has 0 unspecified atom stereocenters. The molecule has 7 heteroatoms. The molecule has 65 heavy (non-hydrogen) atoms. The van der Waals surface area contributed by atoms with Gasteiger partial charge in [-0.25, -0.2) is 4.98 Å². The molecule has 5 nitrogen and oxygen atoms in total. The van der Waals surface area contributed by atoms with Crippen LogP contribution in [0.2, 0.25) is 19.6 Å². The summed E-state index contributed by atoms with van der Waals surface area (Å²) in [6.45, 7) is 20.8. The van der Waals surface area contributed by atoms with Gasteiger partial charge in [0.15, 0.2) is 5.65 Å². The van der Waals surface area contributed by atoms with E-state index in [9.17, 15) is 0 Å². The quantitative estimate of drug-likeness (QED) is 0.107. The molecule has 0 spiro atoms. The fourth-order valence-electron chi connectivity index (χ4n) is 8.94. The Morgan fingerprint density at radius 3 is 2.03 bits per heavy atom. The summed E-state index contributed by atoms with van der Waals surface area (Å²) in [5, 5.41) is 4.70. The first-order valence-electron chi connectivity index (χ1n) is 22.7. The third kappa shape index (κ3) is 9.15. The molecule has 1 radical (unpaired) electrons. The molecule has 4 aromatic heterocycles. The van der Waals surface area contributed by atoms with Crippen LogP contribution < -0.4 is 5.19 Å². The number of furan rings is 1. The van der Waals surface area contributed by atoms with Crippen LogP contribution in [0.1, 0.15) is 70.1 Å². The van der Waals surface area contributed by atoms with Crippen LogP contribution in [0.5, 0.6) is 0 Å². The second-order valence-electron chi connectivity index (χ2n) is 19.0. The molecular weight excluding hydrogens is 989 g/mol. The van der Waals surface area contributed by atoms with Gasteiger partial charge in [0.1, 0.15) is 5.58 Å². The van der Waals surface area contributed by atoms with Crippen LogP contribution in [0.25, 0.3) is 83.5 Å². The van der Waals surface area contributed by atoms with E-state index in [1.54, 1.807) is 0 Å². The summed E-state index contributed by atoms with van der Waals surface area (Å²) in [5.74, 6) is 1.95. The first-order valence-corrected chi connectivity index (χ1v) is 26.2. The van der Waals surface area contributed by atoms with Crippen LogP contribution in [-0.4, -0.2) is 27.6 Å². The largest absolute Gasteiger partial charge is 0.501 e. The van der Waals surface area contributed by atoms with E-state index in [2.05, 4.69) is 180 Å². The van der Waals surface area contributed by atoms with Gasteiger partial charge in [0.25, 0.3) is 0 Å². The van der Waals surface area contributed by atoms with Crippen molar-refractivity contribution in [1.82, 2.24) is 19.5 Å². The molecule has 10 aromatic rings. The maximum atomic E-state index is 6.53. The molecule has 4 heterocycles. The van der Waals surface area contributed by atoms with Gasteiger partial charge in [-0.15, -0.1) is 54.1 Å². The Balaban J connectivity index is 0.000000232. The summed E-state index contributed by atoms with van der Waals surface area (Å²) < 4.78 is 8.81. The van der Waals surface area contributed by atoms with Gasteiger partial charge in [0.2, 0.25) is 0 Å². The first kappa shape index (κ1) is 45.6. The van der Waals surface area contributed by atoms with E-state index >= 15 is 0 Å². The fourth-order valence-corrected chi connectivity index (χ4v) is 10.5. The van der Waals surface area contributed by atoms with E-state index in [1.165, 1.54) is 33.0 Å². The molecule has 0 aliphatic heterocycles. The van der Waals surface area contributed by atoms with Crippen molar-refractivity contribution in [2.75, 3.05) is 0 Å². The summed E-state index contributed by atoms with van der Waals surface area (Å²) in [6, 6.07) is 55.2. The van der Waals surface area contributed by atoms with Gasteiger partial charge in [0, 0.05) is 42.8 Å². The fraction of sp³-hybridized carbons (Fsp3) is 0.224. The Morgan fingerprint density at radius 1 is 0.646 bits per heavy atom. The summed E-state index contributed by atoms with van der Waals surface area (Å²) >= 11 is 0. The van der Waals surface area contributed by atoms with Crippen molar-refractivity contribution < 1.29 is 24.5 Å². The number of aromatic nitrogens is 4. The molecular formula is C58H56IrN4OSi-2. The van der Waals surface area contributed by atoms with Crippen LogP contribution in [-0.2, 0) is 26.5 Å². The number of imidazole rings is 1. The minimum atomic E-state index is -1.34. The minimum absolute atomic E-state index is 0. The monoisotopic (exact) mass is 1050 g/mol. The van der Waals surface area contributed by atoms with Crippen molar-refractivity contribution in [1.29, 1.82) is 0 Å². The normalized spacial score (nSPS) is 11.8. The van der Waals surface area contributed by atoms with Gasteiger partial charge in [-0.3, -0.25) is 4.98 Å². The molecule has 0 bridgehead atoms. The molecule has 0 atom stereocenters.